The molecule has 5 heteroatoms. The number of carbonyl (C=O) groups excluding carboxylic acids is 1. The van der Waals surface area contributed by atoms with Gasteiger partial charge in [0.1, 0.15) is 5.75 Å². The number of methoxy groups -OCH3 is 1. The molecule has 1 aliphatic rings. The van der Waals surface area contributed by atoms with Crippen LogP contribution in [-0.4, -0.2) is 30.6 Å². The van der Waals surface area contributed by atoms with Gasteiger partial charge in [-0.1, -0.05) is 40.1 Å². The van der Waals surface area contributed by atoms with Gasteiger partial charge in [-0.2, -0.15) is 0 Å². The van der Waals surface area contributed by atoms with Gasteiger partial charge in [0.25, 0.3) is 0 Å². The van der Waals surface area contributed by atoms with Crippen molar-refractivity contribution in [3.05, 3.63) is 29.8 Å². The Hall–Kier alpha value is -0.810. The van der Waals surface area contributed by atoms with E-state index in [4.69, 9.17) is 4.74 Å². The first-order chi connectivity index (χ1) is 10.8. The molecule has 1 N–H and O–H groups in total. The highest BCUT2D eigenvalue weighted by Crippen LogP contribution is 2.39. The van der Waals surface area contributed by atoms with Gasteiger partial charge in [0.15, 0.2) is 0 Å². The average molecular weight is 340 g/mol. The molecule has 0 bridgehead atoms. The number of hydrogen-bond acceptors (Lipinski definition) is 4. The van der Waals surface area contributed by atoms with Gasteiger partial charge in [-0.3, -0.25) is 4.79 Å². The zero-order valence-electron chi connectivity index (χ0n) is 13.2. The second-order valence-electron chi connectivity index (χ2n) is 5.52. The summed E-state index contributed by atoms with van der Waals surface area (Å²) in [5.41, 5.74) is 1.22. The largest absolute Gasteiger partial charge is 0.497 e. The second kappa shape index (κ2) is 10.1. The Morgan fingerprint density at radius 2 is 2.14 bits per heavy atom. The van der Waals surface area contributed by atoms with E-state index in [1.807, 2.05) is 45.9 Å². The van der Waals surface area contributed by atoms with Crippen LogP contribution in [0.2, 0.25) is 0 Å². The van der Waals surface area contributed by atoms with Gasteiger partial charge >= 0.3 is 0 Å². The minimum absolute atomic E-state index is 0.182. The summed E-state index contributed by atoms with van der Waals surface area (Å²) in [7, 11) is 5.68. The number of nitrogens with one attached hydrogen (secondary N) is 1. The molecule has 0 saturated carbocycles. The van der Waals surface area contributed by atoms with Crippen molar-refractivity contribution in [2.24, 2.45) is 0 Å². The number of unbranched alkanes of at least 4 members (excludes halogenated alkanes) is 1. The van der Waals surface area contributed by atoms with Crippen LogP contribution < -0.4 is 10.1 Å². The summed E-state index contributed by atoms with van der Waals surface area (Å²) in [6, 6.07) is 8.00. The van der Waals surface area contributed by atoms with Gasteiger partial charge in [0.2, 0.25) is 5.91 Å². The summed E-state index contributed by atoms with van der Waals surface area (Å²) in [5.74, 6) is 2.34. The fourth-order valence-electron chi connectivity index (χ4n) is 2.45. The Morgan fingerprint density at radius 1 is 1.32 bits per heavy atom. The molecule has 0 unspecified atom stereocenters. The number of hydrogen-bond donors (Lipinski definition) is 1. The zero-order chi connectivity index (χ0) is 15.6. The summed E-state index contributed by atoms with van der Waals surface area (Å²) in [5, 5.41) is 3.83. The maximum absolute atomic E-state index is 11.8. The molecule has 3 nitrogen and oxygen atoms in total. The summed E-state index contributed by atoms with van der Waals surface area (Å²) in [4.78, 5) is 11.8. The van der Waals surface area contributed by atoms with E-state index in [1.54, 1.807) is 7.11 Å². The minimum Gasteiger partial charge on any atom is -0.497 e. The highest BCUT2D eigenvalue weighted by Gasteiger charge is 2.15. The molecule has 22 heavy (non-hydrogen) atoms. The number of carbonyl (C=O) groups is 1. The zero-order valence-corrected chi connectivity index (χ0v) is 14.8. The summed E-state index contributed by atoms with van der Waals surface area (Å²) in [6.45, 7) is 0.709. The molecular formula is C17H25NO2S2. The van der Waals surface area contributed by atoms with Gasteiger partial charge in [0, 0.05) is 24.0 Å². The standard InChI is InChI=1S/C17H25NO2S2/c1-20-15-8-6-14(7-9-15)10-12-18-17(19)5-3-2-4-16-11-13-21-22-16/h6-9,16H,2-5,10-13H2,1H3,(H,18,19)/t16-/m0/s1. The van der Waals surface area contributed by atoms with Crippen LogP contribution in [0.15, 0.2) is 24.3 Å². The first-order valence-corrected chi connectivity index (χ1v) is 10.3. The third kappa shape index (κ3) is 6.53. The topological polar surface area (TPSA) is 38.3 Å². The lowest BCUT2D eigenvalue weighted by molar-refractivity contribution is -0.121. The Balaban J connectivity index is 1.51. The molecule has 0 aliphatic carbocycles. The van der Waals surface area contributed by atoms with E-state index >= 15 is 0 Å². The van der Waals surface area contributed by atoms with E-state index in [0.717, 1.165) is 23.8 Å². The van der Waals surface area contributed by atoms with Crippen LogP contribution in [0.3, 0.4) is 0 Å². The van der Waals surface area contributed by atoms with Gasteiger partial charge in [-0.05, 0) is 43.4 Å². The van der Waals surface area contributed by atoms with Crippen LogP contribution in [0.4, 0.5) is 0 Å². The molecule has 122 valence electrons. The quantitative estimate of drug-likeness (QED) is 0.544. The van der Waals surface area contributed by atoms with Crippen LogP contribution in [0.25, 0.3) is 0 Å². The maximum atomic E-state index is 11.8. The van der Waals surface area contributed by atoms with Crippen LogP contribution in [-0.2, 0) is 11.2 Å². The van der Waals surface area contributed by atoms with Crippen molar-refractivity contribution in [1.29, 1.82) is 0 Å². The molecular weight excluding hydrogens is 314 g/mol. The van der Waals surface area contributed by atoms with E-state index in [-0.39, 0.29) is 5.91 Å². The molecule has 1 aromatic rings. The van der Waals surface area contributed by atoms with Crippen molar-refractivity contribution in [1.82, 2.24) is 5.32 Å². The summed E-state index contributed by atoms with van der Waals surface area (Å²) >= 11 is 0. The van der Waals surface area contributed by atoms with Crippen LogP contribution in [0.5, 0.6) is 5.75 Å². The molecule has 0 aromatic heterocycles. The van der Waals surface area contributed by atoms with E-state index < -0.39 is 0 Å². The fraction of sp³-hybridized carbons (Fsp3) is 0.588. The summed E-state index contributed by atoms with van der Waals surface area (Å²) in [6.07, 6.45) is 6.30. The Kier molecular flexibility index (Phi) is 8.02. The average Bonchev–Trinajstić information content (AvgIpc) is 3.06. The van der Waals surface area contributed by atoms with Crippen LogP contribution in [0.1, 0.15) is 37.7 Å². The molecule has 1 saturated heterocycles. The first kappa shape index (κ1) is 17.5. The second-order valence-corrected chi connectivity index (χ2v) is 8.31. The van der Waals surface area contributed by atoms with Gasteiger partial charge in [0.05, 0.1) is 7.11 Å². The van der Waals surface area contributed by atoms with Crippen molar-refractivity contribution >= 4 is 27.5 Å². The third-order valence-corrected chi connectivity index (χ3v) is 6.81. The number of benzene rings is 1. The SMILES string of the molecule is COc1ccc(CCNC(=O)CCCC[C@H]2CCSS2)cc1. The van der Waals surface area contributed by atoms with Crippen molar-refractivity contribution in [2.45, 2.75) is 43.8 Å². The molecule has 1 amide bonds. The maximum Gasteiger partial charge on any atom is 0.220 e. The number of rotatable bonds is 9. The lowest BCUT2D eigenvalue weighted by Gasteiger charge is -2.08. The highest BCUT2D eigenvalue weighted by molar-refractivity contribution is 8.77. The Bertz CT molecular complexity index is 444. The lowest BCUT2D eigenvalue weighted by Crippen LogP contribution is -2.25. The molecule has 2 rings (SSSR count). The monoisotopic (exact) mass is 339 g/mol. The van der Waals surface area contributed by atoms with Crippen molar-refractivity contribution in [2.75, 3.05) is 19.4 Å². The predicted octanol–water partition coefficient (Wildman–Crippen LogP) is 4.07. The van der Waals surface area contributed by atoms with Crippen molar-refractivity contribution in [3.8, 4) is 5.75 Å². The Morgan fingerprint density at radius 3 is 2.82 bits per heavy atom. The number of ether oxygens (including phenoxy) is 1. The van der Waals surface area contributed by atoms with E-state index in [2.05, 4.69) is 5.32 Å². The van der Waals surface area contributed by atoms with E-state index in [0.29, 0.717) is 13.0 Å². The molecule has 1 fully saturated rings. The molecule has 1 atom stereocenters. The Labute approximate surface area is 141 Å². The normalized spacial score (nSPS) is 17.4. The predicted molar refractivity (Wildman–Crippen MR) is 96.6 cm³/mol. The van der Waals surface area contributed by atoms with Crippen molar-refractivity contribution in [3.63, 3.8) is 0 Å². The third-order valence-electron chi connectivity index (χ3n) is 3.80. The van der Waals surface area contributed by atoms with Crippen LogP contribution in [0, 0.1) is 0 Å². The van der Waals surface area contributed by atoms with Gasteiger partial charge in [-0.15, -0.1) is 0 Å². The molecule has 1 aliphatic heterocycles. The van der Waals surface area contributed by atoms with Gasteiger partial charge in [-0.25, -0.2) is 0 Å². The first-order valence-electron chi connectivity index (χ1n) is 7.96. The van der Waals surface area contributed by atoms with Crippen LogP contribution >= 0.6 is 21.6 Å². The van der Waals surface area contributed by atoms with Crippen molar-refractivity contribution < 1.29 is 9.53 Å². The molecule has 1 aromatic carbocycles. The number of amides is 1. The molecule has 0 radical (unpaired) electrons. The molecule has 1 heterocycles. The smallest absolute Gasteiger partial charge is 0.220 e. The van der Waals surface area contributed by atoms with E-state index in [1.165, 1.54) is 30.6 Å². The lowest BCUT2D eigenvalue weighted by atomic mass is 10.1. The van der Waals surface area contributed by atoms with E-state index in [9.17, 15) is 4.79 Å². The highest BCUT2D eigenvalue weighted by atomic mass is 33.1. The fourth-order valence-corrected chi connectivity index (χ4v) is 5.48. The summed E-state index contributed by atoms with van der Waals surface area (Å²) < 4.78 is 5.13. The van der Waals surface area contributed by atoms with Gasteiger partial charge < -0.3 is 10.1 Å². The molecule has 0 spiro atoms. The minimum atomic E-state index is 0.182.